The van der Waals surface area contributed by atoms with Crippen LogP contribution in [0.1, 0.15) is 17.2 Å². The summed E-state index contributed by atoms with van der Waals surface area (Å²) in [6.07, 6.45) is -0.584. The second-order valence-corrected chi connectivity index (χ2v) is 6.10. The zero-order valence-electron chi connectivity index (χ0n) is 14.2. The van der Waals surface area contributed by atoms with Crippen LogP contribution in [0.25, 0.3) is 0 Å². The predicted octanol–water partition coefficient (Wildman–Crippen LogP) is 2.29. The van der Waals surface area contributed by atoms with Crippen molar-refractivity contribution in [3.63, 3.8) is 0 Å². The molecular weight excluding hydrogens is 326 g/mol. The Morgan fingerprint density at radius 3 is 2.40 bits per heavy atom. The lowest BCUT2D eigenvalue weighted by molar-refractivity contribution is -0.126. The summed E-state index contributed by atoms with van der Waals surface area (Å²) in [6.45, 7) is -0.0803. The standard InChI is InChI=1S/C19H22F2N2O2/c1-23(2)17(10-13-6-4-3-5-7-13)19(25)22-12-18(24)14-8-9-15(20)16(21)11-14/h3-9,11,17-18,24H,10,12H2,1-2H3,(H,22,25)/t17-,18+/m1/s1. The highest BCUT2D eigenvalue weighted by Crippen LogP contribution is 2.16. The van der Waals surface area contributed by atoms with Gasteiger partial charge in [0, 0.05) is 6.54 Å². The maximum atomic E-state index is 13.2. The third-order valence-corrected chi connectivity index (χ3v) is 4.00. The lowest BCUT2D eigenvalue weighted by Crippen LogP contribution is -2.45. The molecule has 2 atom stereocenters. The van der Waals surface area contributed by atoms with E-state index >= 15 is 0 Å². The van der Waals surface area contributed by atoms with Crippen LogP contribution in [0.5, 0.6) is 0 Å². The van der Waals surface area contributed by atoms with Crippen molar-refractivity contribution in [2.75, 3.05) is 20.6 Å². The molecule has 2 rings (SSSR count). The van der Waals surface area contributed by atoms with E-state index in [-0.39, 0.29) is 18.0 Å². The SMILES string of the molecule is CN(C)[C@H](Cc1ccccc1)C(=O)NC[C@H](O)c1ccc(F)c(F)c1. The Labute approximate surface area is 146 Å². The van der Waals surface area contributed by atoms with Crippen LogP contribution in [0, 0.1) is 11.6 Å². The lowest BCUT2D eigenvalue weighted by atomic mass is 10.0. The van der Waals surface area contributed by atoms with Crippen LogP contribution in [0.15, 0.2) is 48.5 Å². The van der Waals surface area contributed by atoms with Gasteiger partial charge in [-0.05, 0) is 43.8 Å². The fourth-order valence-electron chi connectivity index (χ4n) is 2.50. The van der Waals surface area contributed by atoms with Crippen LogP contribution in [0.3, 0.4) is 0 Å². The van der Waals surface area contributed by atoms with E-state index in [4.69, 9.17) is 0 Å². The van der Waals surface area contributed by atoms with Crippen LogP contribution >= 0.6 is 0 Å². The van der Waals surface area contributed by atoms with Gasteiger partial charge in [-0.25, -0.2) is 8.78 Å². The summed E-state index contributed by atoms with van der Waals surface area (Å²) in [4.78, 5) is 14.2. The molecule has 25 heavy (non-hydrogen) atoms. The Morgan fingerprint density at radius 1 is 1.12 bits per heavy atom. The first-order chi connectivity index (χ1) is 11.9. The Hall–Kier alpha value is -2.31. The number of benzene rings is 2. The molecule has 0 radical (unpaired) electrons. The lowest BCUT2D eigenvalue weighted by Gasteiger charge is -2.24. The summed E-state index contributed by atoms with van der Waals surface area (Å²) in [6, 6.07) is 12.4. The molecule has 0 spiro atoms. The summed E-state index contributed by atoms with van der Waals surface area (Å²) in [7, 11) is 3.61. The summed E-state index contributed by atoms with van der Waals surface area (Å²) in [5.41, 5.74) is 1.24. The van der Waals surface area contributed by atoms with E-state index < -0.39 is 23.8 Å². The van der Waals surface area contributed by atoms with Crippen molar-refractivity contribution in [1.29, 1.82) is 0 Å². The molecule has 0 fully saturated rings. The van der Waals surface area contributed by atoms with E-state index in [1.165, 1.54) is 6.07 Å². The Morgan fingerprint density at radius 2 is 1.80 bits per heavy atom. The minimum Gasteiger partial charge on any atom is -0.387 e. The Balaban J connectivity index is 1.97. The van der Waals surface area contributed by atoms with Gasteiger partial charge in [-0.1, -0.05) is 36.4 Å². The van der Waals surface area contributed by atoms with E-state index in [2.05, 4.69) is 5.32 Å². The molecule has 0 aliphatic carbocycles. The van der Waals surface area contributed by atoms with Gasteiger partial charge in [-0.2, -0.15) is 0 Å². The third-order valence-electron chi connectivity index (χ3n) is 4.00. The second kappa shape index (κ2) is 8.69. The summed E-state index contributed by atoms with van der Waals surface area (Å²) < 4.78 is 26.2. The highest BCUT2D eigenvalue weighted by Gasteiger charge is 2.22. The molecule has 0 saturated carbocycles. The monoisotopic (exact) mass is 348 g/mol. The highest BCUT2D eigenvalue weighted by atomic mass is 19.2. The first-order valence-corrected chi connectivity index (χ1v) is 7.99. The molecule has 1 amide bonds. The molecule has 0 saturated heterocycles. The van der Waals surface area contributed by atoms with Crippen molar-refractivity contribution in [2.45, 2.75) is 18.6 Å². The Kier molecular flexibility index (Phi) is 6.61. The number of nitrogens with zero attached hydrogens (tertiary/aromatic N) is 1. The molecule has 2 aromatic carbocycles. The topological polar surface area (TPSA) is 52.6 Å². The molecule has 0 bridgehead atoms. The fraction of sp³-hybridized carbons (Fsp3) is 0.316. The average Bonchev–Trinajstić information content (AvgIpc) is 2.60. The van der Waals surface area contributed by atoms with Crippen LogP contribution in [-0.4, -0.2) is 42.6 Å². The molecule has 2 aromatic rings. The summed E-state index contributed by atoms with van der Waals surface area (Å²) in [5.74, 6) is -2.25. The van der Waals surface area contributed by atoms with Gasteiger partial charge in [0.1, 0.15) is 0 Å². The van der Waals surface area contributed by atoms with Gasteiger partial charge in [0.05, 0.1) is 12.1 Å². The van der Waals surface area contributed by atoms with Gasteiger partial charge >= 0.3 is 0 Å². The quantitative estimate of drug-likeness (QED) is 0.807. The molecule has 0 aliphatic heterocycles. The maximum absolute atomic E-state index is 13.2. The average molecular weight is 348 g/mol. The fourth-order valence-corrected chi connectivity index (χ4v) is 2.50. The van der Waals surface area contributed by atoms with E-state index in [0.29, 0.717) is 6.42 Å². The number of amides is 1. The number of nitrogens with one attached hydrogen (secondary N) is 1. The maximum Gasteiger partial charge on any atom is 0.237 e. The number of hydrogen-bond acceptors (Lipinski definition) is 3. The first kappa shape index (κ1) is 19.0. The number of carbonyl (C=O) groups is 1. The minimum atomic E-state index is -1.11. The Bertz CT molecular complexity index is 708. The van der Waals surface area contributed by atoms with Gasteiger partial charge in [0.2, 0.25) is 5.91 Å². The molecular formula is C19H22F2N2O2. The smallest absolute Gasteiger partial charge is 0.237 e. The predicted molar refractivity (Wildman–Crippen MR) is 91.9 cm³/mol. The normalized spacial score (nSPS) is 13.5. The second-order valence-electron chi connectivity index (χ2n) is 6.10. The molecule has 0 aliphatic rings. The van der Waals surface area contributed by atoms with E-state index in [1.54, 1.807) is 19.0 Å². The number of carbonyl (C=O) groups excluding carboxylic acids is 1. The van der Waals surface area contributed by atoms with Crippen molar-refractivity contribution in [3.05, 3.63) is 71.3 Å². The zero-order valence-corrected chi connectivity index (χ0v) is 14.2. The number of rotatable bonds is 7. The molecule has 2 N–H and O–H groups in total. The number of likely N-dealkylation sites (N-methyl/N-ethyl adjacent to an activating group) is 1. The van der Waals surface area contributed by atoms with E-state index in [0.717, 1.165) is 17.7 Å². The van der Waals surface area contributed by atoms with Crippen LogP contribution in [0.2, 0.25) is 0 Å². The third kappa shape index (κ3) is 5.34. The van der Waals surface area contributed by atoms with Crippen molar-refractivity contribution < 1.29 is 18.7 Å². The minimum absolute atomic E-state index is 0.0803. The van der Waals surface area contributed by atoms with Crippen LogP contribution in [0.4, 0.5) is 8.78 Å². The number of hydrogen-bond donors (Lipinski definition) is 2. The van der Waals surface area contributed by atoms with Gasteiger partial charge in [-0.3, -0.25) is 9.69 Å². The number of aliphatic hydroxyl groups is 1. The highest BCUT2D eigenvalue weighted by molar-refractivity contribution is 5.82. The summed E-state index contributed by atoms with van der Waals surface area (Å²) >= 11 is 0. The summed E-state index contributed by atoms with van der Waals surface area (Å²) in [5, 5.41) is 12.7. The molecule has 0 aromatic heterocycles. The van der Waals surface area contributed by atoms with Crippen LogP contribution < -0.4 is 5.32 Å². The number of halogens is 2. The molecule has 134 valence electrons. The molecule has 0 heterocycles. The van der Waals surface area contributed by atoms with Gasteiger partial charge in [0.15, 0.2) is 11.6 Å². The van der Waals surface area contributed by atoms with Crippen molar-refractivity contribution >= 4 is 5.91 Å². The molecule has 4 nitrogen and oxygen atoms in total. The number of aliphatic hydroxyl groups excluding tert-OH is 1. The van der Waals surface area contributed by atoms with E-state index in [1.807, 2.05) is 30.3 Å². The zero-order chi connectivity index (χ0) is 18.4. The van der Waals surface area contributed by atoms with Crippen molar-refractivity contribution in [1.82, 2.24) is 10.2 Å². The largest absolute Gasteiger partial charge is 0.387 e. The van der Waals surface area contributed by atoms with E-state index in [9.17, 15) is 18.7 Å². The molecule has 6 heteroatoms. The van der Waals surface area contributed by atoms with Crippen LogP contribution in [-0.2, 0) is 11.2 Å². The van der Waals surface area contributed by atoms with Gasteiger partial charge < -0.3 is 10.4 Å². The van der Waals surface area contributed by atoms with Gasteiger partial charge in [-0.15, -0.1) is 0 Å². The first-order valence-electron chi connectivity index (χ1n) is 7.99. The van der Waals surface area contributed by atoms with Crippen molar-refractivity contribution in [2.24, 2.45) is 0 Å². The van der Waals surface area contributed by atoms with Gasteiger partial charge in [0.25, 0.3) is 0 Å². The molecule has 0 unspecified atom stereocenters. The van der Waals surface area contributed by atoms with Crippen molar-refractivity contribution in [3.8, 4) is 0 Å².